The van der Waals surface area contributed by atoms with Gasteiger partial charge in [-0.2, -0.15) is 9.83 Å². The van der Waals surface area contributed by atoms with E-state index in [9.17, 15) is 5.11 Å². The van der Waals surface area contributed by atoms with E-state index < -0.39 is 0 Å². The number of hydrogen-bond donors (Lipinski definition) is 1. The minimum Gasteiger partial charge on any atom is -1.00 e. The lowest BCUT2D eigenvalue weighted by Gasteiger charge is -1.96. The maximum Gasteiger partial charge on any atom is 0.233 e. The number of aromatic hydroxyl groups is 1. The van der Waals surface area contributed by atoms with Crippen LogP contribution in [0.2, 0.25) is 0 Å². The Kier molecular flexibility index (Phi) is 3.48. The van der Waals surface area contributed by atoms with Gasteiger partial charge in [-0.05, 0) is 23.6 Å². The number of phenolic OH excluding ortho intramolecular Hbond substituents is 1. The fourth-order valence-corrected chi connectivity index (χ4v) is 1.40. The van der Waals surface area contributed by atoms with E-state index in [-0.39, 0.29) is 18.2 Å². The normalized spacial score (nSPS) is 9.27. The molecule has 0 spiro atoms. The zero-order valence-electron chi connectivity index (χ0n) is 7.89. The Hall–Kier alpha value is -1.79. The summed E-state index contributed by atoms with van der Waals surface area (Å²) in [5, 5.41) is 19.8. The van der Waals surface area contributed by atoms with Gasteiger partial charge < -0.3 is 17.5 Å². The zero-order valence-corrected chi connectivity index (χ0v) is 8.65. The van der Waals surface area contributed by atoms with Crippen molar-refractivity contribution in [3.05, 3.63) is 36.7 Å². The van der Waals surface area contributed by atoms with Crippen LogP contribution in [-0.2, 0) is 6.54 Å². The standard InChI is InChI=1S/C11H8N2O.ClH/c12-4-6-13-5-3-9-7-11(14)2-1-10(9)8-13;/h1-3,5,7-8H,6H2;1H. The molecule has 0 aliphatic carbocycles. The fourth-order valence-electron chi connectivity index (χ4n) is 1.40. The van der Waals surface area contributed by atoms with E-state index in [0.717, 1.165) is 10.8 Å². The predicted molar refractivity (Wildman–Crippen MR) is 51.4 cm³/mol. The van der Waals surface area contributed by atoms with Crippen LogP contribution in [0.4, 0.5) is 0 Å². The first-order valence-electron chi connectivity index (χ1n) is 4.28. The average molecular weight is 221 g/mol. The van der Waals surface area contributed by atoms with Crippen molar-refractivity contribution in [2.75, 3.05) is 0 Å². The Morgan fingerprint density at radius 2 is 2.07 bits per heavy atom. The quantitative estimate of drug-likeness (QED) is 0.587. The molecule has 0 aliphatic rings. The van der Waals surface area contributed by atoms with Gasteiger partial charge in [-0.3, -0.25) is 0 Å². The largest absolute Gasteiger partial charge is 1.00 e. The van der Waals surface area contributed by atoms with Crippen LogP contribution in [-0.4, -0.2) is 5.11 Å². The van der Waals surface area contributed by atoms with Crippen molar-refractivity contribution in [2.45, 2.75) is 6.54 Å². The minimum atomic E-state index is 0. The molecule has 2 rings (SSSR count). The highest BCUT2D eigenvalue weighted by atomic mass is 35.5. The Balaban J connectivity index is 0.00000112. The van der Waals surface area contributed by atoms with Gasteiger partial charge in [0.05, 0.1) is 0 Å². The van der Waals surface area contributed by atoms with E-state index in [1.807, 2.05) is 24.5 Å². The van der Waals surface area contributed by atoms with Gasteiger partial charge in [-0.1, -0.05) is 0 Å². The minimum absolute atomic E-state index is 0. The monoisotopic (exact) mass is 220 g/mol. The molecule has 0 unspecified atom stereocenters. The third-order valence-electron chi connectivity index (χ3n) is 2.07. The van der Waals surface area contributed by atoms with Crippen molar-refractivity contribution in [1.29, 1.82) is 5.26 Å². The molecule has 1 heterocycles. The summed E-state index contributed by atoms with van der Waals surface area (Å²) in [7, 11) is 0. The number of aromatic nitrogens is 1. The van der Waals surface area contributed by atoms with Crippen LogP contribution in [0.5, 0.6) is 5.75 Å². The van der Waals surface area contributed by atoms with Crippen molar-refractivity contribution in [3.8, 4) is 11.8 Å². The highest BCUT2D eigenvalue weighted by Gasteiger charge is 2.02. The molecule has 0 amide bonds. The van der Waals surface area contributed by atoms with Gasteiger partial charge in [0, 0.05) is 11.5 Å². The Bertz CT molecular complexity index is 519. The first-order valence-corrected chi connectivity index (χ1v) is 4.28. The summed E-state index contributed by atoms with van der Waals surface area (Å²) in [5.41, 5.74) is 0. The summed E-state index contributed by atoms with van der Waals surface area (Å²) in [6, 6.07) is 9.13. The number of nitriles is 1. The maximum absolute atomic E-state index is 9.24. The number of rotatable bonds is 1. The molecule has 1 aromatic carbocycles. The second kappa shape index (κ2) is 4.63. The molecule has 1 aromatic heterocycles. The van der Waals surface area contributed by atoms with Gasteiger partial charge in [0.25, 0.3) is 0 Å². The molecule has 15 heavy (non-hydrogen) atoms. The maximum atomic E-state index is 9.24. The van der Waals surface area contributed by atoms with Crippen LogP contribution < -0.4 is 17.0 Å². The van der Waals surface area contributed by atoms with Crippen LogP contribution in [0.25, 0.3) is 10.8 Å². The number of pyridine rings is 1. The van der Waals surface area contributed by atoms with E-state index >= 15 is 0 Å². The van der Waals surface area contributed by atoms with Crippen molar-refractivity contribution < 1.29 is 22.1 Å². The molecule has 0 fully saturated rings. The summed E-state index contributed by atoms with van der Waals surface area (Å²) in [6.07, 6.45) is 3.71. The van der Waals surface area contributed by atoms with Crippen LogP contribution in [0.3, 0.4) is 0 Å². The van der Waals surface area contributed by atoms with Gasteiger partial charge in [0.2, 0.25) is 6.54 Å². The number of benzene rings is 1. The van der Waals surface area contributed by atoms with Crippen molar-refractivity contribution in [3.63, 3.8) is 0 Å². The number of hydrogen-bond acceptors (Lipinski definition) is 2. The molecule has 0 aliphatic heterocycles. The molecule has 0 saturated heterocycles. The van der Waals surface area contributed by atoms with Crippen molar-refractivity contribution >= 4 is 10.8 Å². The number of halogens is 1. The molecular formula is C11H9ClN2O. The van der Waals surface area contributed by atoms with E-state index in [0.29, 0.717) is 6.54 Å². The molecule has 3 nitrogen and oxygen atoms in total. The molecule has 0 atom stereocenters. The van der Waals surface area contributed by atoms with E-state index in [1.165, 1.54) is 0 Å². The van der Waals surface area contributed by atoms with E-state index in [1.54, 1.807) is 16.7 Å². The molecule has 0 radical (unpaired) electrons. The lowest BCUT2D eigenvalue weighted by molar-refractivity contribution is -0.683. The number of phenols is 1. The summed E-state index contributed by atoms with van der Waals surface area (Å²) in [6.45, 7) is 0.344. The molecule has 0 bridgehead atoms. The predicted octanol–water partition coefficient (Wildman–Crippen LogP) is -1.64. The highest BCUT2D eigenvalue weighted by Crippen LogP contribution is 2.17. The van der Waals surface area contributed by atoms with Crippen molar-refractivity contribution in [2.24, 2.45) is 0 Å². The highest BCUT2D eigenvalue weighted by molar-refractivity contribution is 5.81. The summed E-state index contributed by atoms with van der Waals surface area (Å²) in [4.78, 5) is 0. The van der Waals surface area contributed by atoms with E-state index in [4.69, 9.17) is 5.26 Å². The van der Waals surface area contributed by atoms with Crippen LogP contribution in [0, 0.1) is 11.3 Å². The SMILES string of the molecule is N#CC[n+]1ccc2cc(O)ccc2c1.[Cl-]. The molecule has 2 aromatic rings. The topological polar surface area (TPSA) is 47.9 Å². The number of nitrogens with zero attached hydrogens (tertiary/aromatic N) is 2. The average Bonchev–Trinajstić information content (AvgIpc) is 2.19. The van der Waals surface area contributed by atoms with Crippen molar-refractivity contribution in [1.82, 2.24) is 0 Å². The Morgan fingerprint density at radius 3 is 2.80 bits per heavy atom. The first-order chi connectivity index (χ1) is 6.79. The Labute approximate surface area is 93.6 Å². The fraction of sp³-hybridized carbons (Fsp3) is 0.0909. The molecule has 1 N–H and O–H groups in total. The van der Waals surface area contributed by atoms with Gasteiger partial charge in [-0.15, -0.1) is 0 Å². The second-order valence-electron chi connectivity index (χ2n) is 3.09. The summed E-state index contributed by atoms with van der Waals surface area (Å²) in [5.74, 6) is 0.260. The smallest absolute Gasteiger partial charge is 0.233 e. The van der Waals surface area contributed by atoms with Gasteiger partial charge in [0.1, 0.15) is 11.8 Å². The van der Waals surface area contributed by atoms with Crippen LogP contribution in [0.1, 0.15) is 0 Å². The van der Waals surface area contributed by atoms with Gasteiger partial charge in [0.15, 0.2) is 12.4 Å². The summed E-state index contributed by atoms with van der Waals surface area (Å²) >= 11 is 0. The molecular weight excluding hydrogens is 212 g/mol. The zero-order chi connectivity index (χ0) is 9.97. The van der Waals surface area contributed by atoms with Crippen LogP contribution >= 0.6 is 0 Å². The van der Waals surface area contributed by atoms with E-state index in [2.05, 4.69) is 6.07 Å². The summed E-state index contributed by atoms with van der Waals surface area (Å²) < 4.78 is 1.80. The molecule has 76 valence electrons. The lowest BCUT2D eigenvalue weighted by Crippen LogP contribution is -3.00. The van der Waals surface area contributed by atoms with Gasteiger partial charge in [-0.25, -0.2) is 0 Å². The third kappa shape index (κ3) is 2.36. The second-order valence-corrected chi connectivity index (χ2v) is 3.09. The van der Waals surface area contributed by atoms with Gasteiger partial charge >= 0.3 is 0 Å². The third-order valence-corrected chi connectivity index (χ3v) is 2.07. The Morgan fingerprint density at radius 1 is 1.27 bits per heavy atom. The lowest BCUT2D eigenvalue weighted by atomic mass is 10.2. The molecule has 0 saturated carbocycles. The molecule has 4 heteroatoms. The first kappa shape index (κ1) is 11.3. The van der Waals surface area contributed by atoms with Crippen LogP contribution in [0.15, 0.2) is 36.7 Å². The number of fused-ring (bicyclic) bond motifs is 1.